The number of rotatable bonds is 2. The molecule has 0 saturated carbocycles. The minimum Gasteiger partial charge on any atom is -0.293 e. The molecule has 1 aromatic heterocycles. The number of hydrazone groups is 1. The van der Waals surface area contributed by atoms with Gasteiger partial charge >= 0.3 is 0 Å². The number of Topliss-reactive ketones (excluding diaryl/α,β-unsaturated/α-hetero) is 1. The molecule has 2 aromatic rings. The molecule has 7 nitrogen and oxygen atoms in total. The molecule has 0 spiro atoms. The molecular formula is C11H9N5O2. The topological polar surface area (TPSA) is 91.3 Å². The van der Waals surface area contributed by atoms with Gasteiger partial charge < -0.3 is 0 Å². The minimum atomic E-state index is -0.219. The largest absolute Gasteiger partial charge is 0.293 e. The number of nitrogens with one attached hydrogen (secondary N) is 1. The van der Waals surface area contributed by atoms with Gasteiger partial charge in [0, 0.05) is 6.92 Å². The van der Waals surface area contributed by atoms with E-state index in [1.54, 1.807) is 18.2 Å². The predicted molar refractivity (Wildman–Crippen MR) is 64.1 cm³/mol. The van der Waals surface area contributed by atoms with Gasteiger partial charge in [0.2, 0.25) is 0 Å². The van der Waals surface area contributed by atoms with Crippen LogP contribution in [0.3, 0.4) is 0 Å². The third-order valence-corrected chi connectivity index (χ3v) is 2.74. The van der Waals surface area contributed by atoms with Gasteiger partial charge in [0.1, 0.15) is 11.2 Å². The maximum Gasteiger partial charge on any atom is 0.253 e. The summed E-state index contributed by atoms with van der Waals surface area (Å²) in [6.07, 6.45) is 0.0478. The molecule has 1 aliphatic rings. The first kappa shape index (κ1) is 10.6. The Morgan fingerprint density at radius 3 is 3.00 bits per heavy atom. The molecule has 1 aliphatic heterocycles. The maximum absolute atomic E-state index is 11.8. The van der Waals surface area contributed by atoms with Crippen molar-refractivity contribution in [3.8, 4) is 0 Å². The number of fused-ring (bicyclic) bond motifs is 1. The van der Waals surface area contributed by atoms with Crippen molar-refractivity contribution < 1.29 is 9.59 Å². The number of aromatic nitrogens is 3. The van der Waals surface area contributed by atoms with Crippen molar-refractivity contribution in [1.82, 2.24) is 15.4 Å². The van der Waals surface area contributed by atoms with Crippen LogP contribution in [-0.2, 0) is 9.59 Å². The molecule has 0 unspecified atom stereocenters. The molecule has 0 radical (unpaired) electrons. The lowest BCUT2D eigenvalue weighted by Crippen LogP contribution is -2.19. The zero-order valence-corrected chi connectivity index (χ0v) is 9.54. The van der Waals surface area contributed by atoms with Crippen LogP contribution in [0, 0.1) is 0 Å². The third kappa shape index (κ3) is 1.56. The Kier molecular flexibility index (Phi) is 2.19. The first-order valence-corrected chi connectivity index (χ1v) is 5.37. The fourth-order valence-electron chi connectivity index (χ4n) is 1.79. The number of hydrogen-bond donors (Lipinski definition) is 1. The number of H-pyrrole nitrogens is 1. The SMILES string of the molecule is CC(=O)C1=NN(c2ccc3[nH]nnc3c2)C(=O)C1. The first-order valence-electron chi connectivity index (χ1n) is 5.37. The number of nitrogens with zero attached hydrogens (tertiary/aromatic N) is 4. The summed E-state index contributed by atoms with van der Waals surface area (Å²) in [6, 6.07) is 5.19. The van der Waals surface area contributed by atoms with Crippen molar-refractivity contribution in [3.63, 3.8) is 0 Å². The second-order valence-electron chi connectivity index (χ2n) is 4.00. The Morgan fingerprint density at radius 1 is 1.44 bits per heavy atom. The van der Waals surface area contributed by atoms with Gasteiger partial charge in [-0.1, -0.05) is 5.21 Å². The van der Waals surface area contributed by atoms with Crippen LogP contribution in [0.4, 0.5) is 5.69 Å². The van der Waals surface area contributed by atoms with Gasteiger partial charge in [0.15, 0.2) is 5.78 Å². The van der Waals surface area contributed by atoms with E-state index in [4.69, 9.17) is 0 Å². The van der Waals surface area contributed by atoms with Crippen LogP contribution in [0.1, 0.15) is 13.3 Å². The van der Waals surface area contributed by atoms with E-state index >= 15 is 0 Å². The van der Waals surface area contributed by atoms with Crippen LogP contribution in [0.2, 0.25) is 0 Å². The Balaban J connectivity index is 2.03. The van der Waals surface area contributed by atoms with E-state index in [9.17, 15) is 9.59 Å². The van der Waals surface area contributed by atoms with Crippen LogP contribution < -0.4 is 5.01 Å². The summed E-state index contributed by atoms with van der Waals surface area (Å²) in [5, 5.41) is 15.5. The van der Waals surface area contributed by atoms with Crippen molar-refractivity contribution in [3.05, 3.63) is 18.2 Å². The van der Waals surface area contributed by atoms with Crippen molar-refractivity contribution in [2.24, 2.45) is 5.10 Å². The smallest absolute Gasteiger partial charge is 0.253 e. The number of benzene rings is 1. The first-order chi connectivity index (χ1) is 8.65. The van der Waals surface area contributed by atoms with Crippen molar-refractivity contribution in [2.75, 3.05) is 5.01 Å². The number of amides is 1. The Hall–Kier alpha value is -2.57. The average molecular weight is 243 g/mol. The standard InChI is InChI=1S/C11H9N5O2/c1-6(17)9-5-11(18)16(14-9)7-2-3-8-10(4-7)13-15-12-8/h2-4H,5H2,1H3,(H,12,13,15). The maximum atomic E-state index is 11.8. The molecule has 1 aromatic carbocycles. The normalized spacial score (nSPS) is 15.3. The highest BCUT2D eigenvalue weighted by Gasteiger charge is 2.27. The van der Waals surface area contributed by atoms with E-state index in [0.717, 1.165) is 5.52 Å². The van der Waals surface area contributed by atoms with Crippen LogP contribution in [0.5, 0.6) is 0 Å². The Labute approximate surface area is 101 Å². The number of ketones is 1. The number of anilines is 1. The zero-order valence-electron chi connectivity index (χ0n) is 9.54. The highest BCUT2D eigenvalue weighted by Crippen LogP contribution is 2.23. The van der Waals surface area contributed by atoms with E-state index < -0.39 is 0 Å². The number of hydrogen-bond acceptors (Lipinski definition) is 5. The summed E-state index contributed by atoms with van der Waals surface area (Å²) in [5.41, 5.74) is 2.28. The molecule has 7 heteroatoms. The fraction of sp³-hybridized carbons (Fsp3) is 0.182. The highest BCUT2D eigenvalue weighted by atomic mass is 16.2. The second-order valence-corrected chi connectivity index (χ2v) is 4.00. The van der Waals surface area contributed by atoms with Crippen LogP contribution >= 0.6 is 0 Å². The molecule has 3 rings (SSSR count). The molecule has 1 amide bonds. The summed E-state index contributed by atoms with van der Waals surface area (Å²) in [4.78, 5) is 23.0. The summed E-state index contributed by atoms with van der Waals surface area (Å²) in [7, 11) is 0. The lowest BCUT2D eigenvalue weighted by Gasteiger charge is -2.10. The molecule has 2 heterocycles. The molecule has 0 aliphatic carbocycles. The quantitative estimate of drug-likeness (QED) is 0.837. The molecule has 18 heavy (non-hydrogen) atoms. The average Bonchev–Trinajstić information content (AvgIpc) is 2.93. The van der Waals surface area contributed by atoms with Crippen molar-refractivity contribution in [2.45, 2.75) is 13.3 Å². The zero-order chi connectivity index (χ0) is 12.7. The van der Waals surface area contributed by atoms with E-state index in [1.807, 2.05) is 0 Å². The molecule has 0 atom stereocenters. The summed E-state index contributed by atoms with van der Waals surface area (Å²) < 4.78 is 0. The van der Waals surface area contributed by atoms with Gasteiger partial charge in [-0.15, -0.1) is 5.10 Å². The minimum absolute atomic E-state index is 0.0478. The molecule has 0 bridgehead atoms. The van der Waals surface area contributed by atoms with Crippen LogP contribution in [0.25, 0.3) is 11.0 Å². The fourth-order valence-corrected chi connectivity index (χ4v) is 1.79. The van der Waals surface area contributed by atoms with Crippen LogP contribution in [0.15, 0.2) is 23.3 Å². The summed E-state index contributed by atoms with van der Waals surface area (Å²) >= 11 is 0. The van der Waals surface area contributed by atoms with Gasteiger partial charge in [0.25, 0.3) is 5.91 Å². The van der Waals surface area contributed by atoms with Gasteiger partial charge in [0.05, 0.1) is 17.6 Å². The lowest BCUT2D eigenvalue weighted by atomic mass is 10.2. The third-order valence-electron chi connectivity index (χ3n) is 2.74. The second kappa shape index (κ2) is 3.73. The molecule has 0 saturated heterocycles. The summed E-state index contributed by atoms with van der Waals surface area (Å²) in [6.45, 7) is 1.40. The monoisotopic (exact) mass is 243 g/mol. The van der Waals surface area contributed by atoms with Crippen LogP contribution in [-0.4, -0.2) is 32.8 Å². The van der Waals surface area contributed by atoms with E-state index in [1.165, 1.54) is 11.9 Å². The Bertz CT molecular complexity index is 688. The van der Waals surface area contributed by atoms with Crippen molar-refractivity contribution >= 4 is 34.1 Å². The van der Waals surface area contributed by atoms with Gasteiger partial charge in [-0.3, -0.25) is 14.7 Å². The van der Waals surface area contributed by atoms with E-state index in [0.29, 0.717) is 11.2 Å². The molecule has 1 N–H and O–H groups in total. The number of carbonyl (C=O) groups excluding carboxylic acids is 2. The Morgan fingerprint density at radius 2 is 2.28 bits per heavy atom. The van der Waals surface area contributed by atoms with Gasteiger partial charge in [-0.2, -0.15) is 10.1 Å². The van der Waals surface area contributed by atoms with Gasteiger partial charge in [-0.25, -0.2) is 0 Å². The lowest BCUT2D eigenvalue weighted by molar-refractivity contribution is -0.117. The van der Waals surface area contributed by atoms with E-state index in [-0.39, 0.29) is 23.8 Å². The highest BCUT2D eigenvalue weighted by molar-refractivity contribution is 6.44. The summed E-state index contributed by atoms with van der Waals surface area (Å²) in [5.74, 6) is -0.406. The van der Waals surface area contributed by atoms with E-state index in [2.05, 4.69) is 20.5 Å². The molecule has 90 valence electrons. The van der Waals surface area contributed by atoms with Crippen molar-refractivity contribution in [1.29, 1.82) is 0 Å². The molecule has 0 fully saturated rings. The predicted octanol–water partition coefficient (Wildman–Crippen LogP) is 0.640. The number of carbonyl (C=O) groups is 2. The number of aromatic amines is 1. The van der Waals surface area contributed by atoms with Gasteiger partial charge in [-0.05, 0) is 18.2 Å². The molecular weight excluding hydrogens is 234 g/mol.